The minimum atomic E-state index is -4.12. The first-order valence-electron chi connectivity index (χ1n) is 11.7. The Morgan fingerprint density at radius 1 is 0.892 bits per heavy atom. The minimum absolute atomic E-state index is 0.0434. The number of hydrogen-bond donors (Lipinski definition) is 1. The first-order valence-corrected chi connectivity index (χ1v) is 13.9. The van der Waals surface area contributed by atoms with Crippen molar-refractivity contribution in [3.05, 3.63) is 94.0 Å². The first-order chi connectivity index (χ1) is 17.5. The third kappa shape index (κ3) is 7.25. The van der Waals surface area contributed by atoms with E-state index in [1.165, 1.54) is 29.2 Å². The second-order valence-electron chi connectivity index (χ2n) is 8.52. The molecule has 37 heavy (non-hydrogen) atoms. The van der Waals surface area contributed by atoms with Crippen molar-refractivity contribution in [3.63, 3.8) is 0 Å². The molecule has 7 nitrogen and oxygen atoms in total. The van der Waals surface area contributed by atoms with E-state index in [2.05, 4.69) is 5.32 Å². The van der Waals surface area contributed by atoms with Crippen LogP contribution in [0.5, 0.6) is 0 Å². The van der Waals surface area contributed by atoms with Crippen molar-refractivity contribution < 1.29 is 18.0 Å². The van der Waals surface area contributed by atoms with Crippen LogP contribution >= 0.6 is 23.2 Å². The van der Waals surface area contributed by atoms with E-state index in [4.69, 9.17) is 23.2 Å². The molecule has 196 valence electrons. The molecule has 3 rings (SSSR count). The normalized spacial score (nSPS) is 12.0. The van der Waals surface area contributed by atoms with Gasteiger partial charge in [0, 0.05) is 23.1 Å². The zero-order chi connectivity index (χ0) is 27.2. The fourth-order valence-corrected chi connectivity index (χ4v) is 5.33. The molecule has 3 aromatic rings. The number of carbonyl (C=O) groups excluding carboxylic acids is 2. The Kier molecular flexibility index (Phi) is 9.59. The highest BCUT2D eigenvalue weighted by molar-refractivity contribution is 7.92. The summed E-state index contributed by atoms with van der Waals surface area (Å²) in [6, 6.07) is 18.6. The molecule has 0 saturated heterocycles. The zero-order valence-electron chi connectivity index (χ0n) is 20.8. The number of nitrogens with zero attached hydrogens (tertiary/aromatic N) is 2. The van der Waals surface area contributed by atoms with E-state index >= 15 is 0 Å². The Balaban J connectivity index is 2.01. The van der Waals surface area contributed by atoms with Crippen molar-refractivity contribution >= 4 is 50.7 Å². The van der Waals surface area contributed by atoms with Crippen molar-refractivity contribution in [2.45, 2.75) is 38.3 Å². The average molecular weight is 563 g/mol. The van der Waals surface area contributed by atoms with Crippen LogP contribution in [-0.4, -0.2) is 44.3 Å². The quantitative estimate of drug-likeness (QED) is 0.375. The maximum absolute atomic E-state index is 13.7. The monoisotopic (exact) mass is 561 g/mol. The number of anilines is 1. The molecule has 3 aromatic carbocycles. The fourth-order valence-electron chi connectivity index (χ4n) is 3.66. The molecule has 0 fully saturated rings. The summed E-state index contributed by atoms with van der Waals surface area (Å²) in [6.45, 7) is 5.22. The number of nitrogens with one attached hydrogen (secondary N) is 1. The van der Waals surface area contributed by atoms with Crippen LogP contribution < -0.4 is 9.62 Å². The number of benzene rings is 3. The van der Waals surface area contributed by atoms with Gasteiger partial charge >= 0.3 is 0 Å². The summed E-state index contributed by atoms with van der Waals surface area (Å²) in [6.07, 6.45) is 0. The number of hydrogen-bond acceptors (Lipinski definition) is 4. The van der Waals surface area contributed by atoms with Crippen LogP contribution in [0, 0.1) is 6.92 Å². The number of halogens is 2. The lowest BCUT2D eigenvalue weighted by molar-refractivity contribution is -0.139. The van der Waals surface area contributed by atoms with Gasteiger partial charge in [-0.3, -0.25) is 13.9 Å². The Hall–Kier alpha value is -3.07. The van der Waals surface area contributed by atoms with Gasteiger partial charge in [-0.2, -0.15) is 0 Å². The van der Waals surface area contributed by atoms with Crippen LogP contribution in [0.3, 0.4) is 0 Å². The molecule has 1 N–H and O–H groups in total. The molecular weight excluding hydrogens is 533 g/mol. The van der Waals surface area contributed by atoms with Crippen LogP contribution in [0.2, 0.25) is 10.0 Å². The Bertz CT molecular complexity index is 1330. The van der Waals surface area contributed by atoms with Crippen LogP contribution in [0.4, 0.5) is 5.69 Å². The summed E-state index contributed by atoms with van der Waals surface area (Å²) < 4.78 is 28.5. The minimum Gasteiger partial charge on any atom is -0.355 e. The number of aryl methyl sites for hydroxylation is 1. The highest BCUT2D eigenvalue weighted by Crippen LogP contribution is 2.26. The second-order valence-corrected chi connectivity index (χ2v) is 11.3. The van der Waals surface area contributed by atoms with E-state index in [9.17, 15) is 18.0 Å². The summed E-state index contributed by atoms with van der Waals surface area (Å²) in [7, 11) is -4.12. The maximum atomic E-state index is 13.7. The molecule has 10 heteroatoms. The summed E-state index contributed by atoms with van der Waals surface area (Å²) >= 11 is 12.0. The maximum Gasteiger partial charge on any atom is 0.264 e. The molecule has 0 aliphatic heterocycles. The van der Waals surface area contributed by atoms with Crippen molar-refractivity contribution in [2.24, 2.45) is 0 Å². The van der Waals surface area contributed by atoms with Gasteiger partial charge in [0.2, 0.25) is 11.8 Å². The van der Waals surface area contributed by atoms with E-state index in [1.54, 1.807) is 62.4 Å². The van der Waals surface area contributed by atoms with Crippen molar-refractivity contribution in [3.8, 4) is 0 Å². The van der Waals surface area contributed by atoms with Gasteiger partial charge in [0.15, 0.2) is 0 Å². The van der Waals surface area contributed by atoms with Gasteiger partial charge in [0.05, 0.1) is 10.6 Å². The average Bonchev–Trinajstić information content (AvgIpc) is 2.87. The van der Waals surface area contributed by atoms with E-state index in [0.29, 0.717) is 16.6 Å². The topological polar surface area (TPSA) is 86.8 Å². The van der Waals surface area contributed by atoms with Gasteiger partial charge in [0.25, 0.3) is 10.0 Å². The molecule has 0 aliphatic rings. The van der Waals surface area contributed by atoms with Crippen LogP contribution in [0.15, 0.2) is 77.7 Å². The molecule has 0 bridgehead atoms. The van der Waals surface area contributed by atoms with E-state index in [0.717, 1.165) is 15.4 Å². The van der Waals surface area contributed by atoms with Gasteiger partial charge in [-0.1, -0.05) is 53.0 Å². The molecule has 0 heterocycles. The van der Waals surface area contributed by atoms with Gasteiger partial charge in [-0.15, -0.1) is 0 Å². The number of amides is 2. The fraction of sp³-hybridized carbons (Fsp3) is 0.259. The standard InChI is InChI=1S/C27H29Cl2N3O4S/c1-4-30-27(34)20(3)31(17-21-7-9-22(28)10-8-21)26(33)18-32(24-13-11-23(29)12-14-24)37(35,36)25-15-5-19(2)6-16-25/h5-16,20H,4,17-18H2,1-3H3,(H,30,34). The molecule has 1 unspecified atom stereocenters. The van der Waals surface area contributed by atoms with E-state index < -0.39 is 28.5 Å². The number of sulfonamides is 1. The van der Waals surface area contributed by atoms with E-state index in [-0.39, 0.29) is 23.0 Å². The lowest BCUT2D eigenvalue weighted by atomic mass is 10.1. The van der Waals surface area contributed by atoms with Crippen LogP contribution in [0.25, 0.3) is 0 Å². The Morgan fingerprint density at radius 2 is 1.43 bits per heavy atom. The lowest BCUT2D eigenvalue weighted by Crippen LogP contribution is -2.51. The lowest BCUT2D eigenvalue weighted by Gasteiger charge is -2.32. The van der Waals surface area contributed by atoms with Crippen molar-refractivity contribution in [1.29, 1.82) is 0 Å². The largest absolute Gasteiger partial charge is 0.355 e. The van der Waals surface area contributed by atoms with Crippen LogP contribution in [-0.2, 0) is 26.2 Å². The predicted molar refractivity (Wildman–Crippen MR) is 147 cm³/mol. The third-order valence-corrected chi connectivity index (χ3v) is 8.08. The summed E-state index contributed by atoms with van der Waals surface area (Å²) in [5, 5.41) is 3.69. The Morgan fingerprint density at radius 3 is 1.97 bits per heavy atom. The van der Waals surface area contributed by atoms with Gasteiger partial charge in [-0.05, 0) is 74.9 Å². The number of rotatable bonds is 10. The molecule has 0 aromatic heterocycles. The molecule has 0 saturated carbocycles. The van der Waals surface area contributed by atoms with Crippen molar-refractivity contribution in [2.75, 3.05) is 17.4 Å². The van der Waals surface area contributed by atoms with E-state index in [1.807, 2.05) is 6.92 Å². The summed E-state index contributed by atoms with van der Waals surface area (Å²) in [4.78, 5) is 27.8. The Labute approximate surface area is 228 Å². The third-order valence-electron chi connectivity index (χ3n) is 5.79. The highest BCUT2D eigenvalue weighted by Gasteiger charge is 2.32. The molecule has 0 spiro atoms. The number of likely N-dealkylation sites (N-methyl/N-ethyl adjacent to an activating group) is 1. The first kappa shape index (κ1) is 28.5. The van der Waals surface area contributed by atoms with Gasteiger partial charge < -0.3 is 10.2 Å². The molecular formula is C27H29Cl2N3O4S. The summed E-state index contributed by atoms with van der Waals surface area (Å²) in [5.74, 6) is -0.886. The van der Waals surface area contributed by atoms with Crippen LogP contribution in [0.1, 0.15) is 25.0 Å². The summed E-state index contributed by atoms with van der Waals surface area (Å²) in [5.41, 5.74) is 1.92. The smallest absolute Gasteiger partial charge is 0.264 e. The second kappa shape index (κ2) is 12.4. The highest BCUT2D eigenvalue weighted by atomic mass is 35.5. The molecule has 2 amide bonds. The SMILES string of the molecule is CCNC(=O)C(C)N(Cc1ccc(Cl)cc1)C(=O)CN(c1ccc(Cl)cc1)S(=O)(=O)c1ccc(C)cc1. The van der Waals surface area contributed by atoms with Crippen molar-refractivity contribution in [1.82, 2.24) is 10.2 Å². The molecule has 0 aliphatic carbocycles. The van der Waals surface area contributed by atoms with Gasteiger partial charge in [0.1, 0.15) is 12.6 Å². The van der Waals surface area contributed by atoms with Gasteiger partial charge in [-0.25, -0.2) is 8.42 Å². The predicted octanol–water partition coefficient (Wildman–Crippen LogP) is 5.05. The zero-order valence-corrected chi connectivity index (χ0v) is 23.1. The molecule has 0 radical (unpaired) electrons. The number of carbonyl (C=O) groups is 2. The molecule has 1 atom stereocenters.